The Morgan fingerprint density at radius 1 is 1.29 bits per heavy atom. The van der Waals surface area contributed by atoms with Crippen LogP contribution in [0, 0.1) is 3.57 Å². The number of piperidine rings is 1. The fourth-order valence-corrected chi connectivity index (χ4v) is 2.45. The zero-order chi connectivity index (χ0) is 9.97. The molecular formula is C11H13ClIN. The predicted octanol–water partition coefficient (Wildman–Crippen LogP) is 3.41. The van der Waals surface area contributed by atoms with E-state index in [-0.39, 0.29) is 0 Å². The summed E-state index contributed by atoms with van der Waals surface area (Å²) < 4.78 is 1.14. The zero-order valence-electron chi connectivity index (χ0n) is 7.89. The van der Waals surface area contributed by atoms with Crippen LogP contribution in [0.15, 0.2) is 18.2 Å². The highest BCUT2D eigenvalue weighted by Crippen LogP contribution is 2.29. The van der Waals surface area contributed by atoms with Gasteiger partial charge in [-0.15, -0.1) is 0 Å². The van der Waals surface area contributed by atoms with Gasteiger partial charge < -0.3 is 5.32 Å². The third-order valence-corrected chi connectivity index (χ3v) is 4.33. The molecular weight excluding hydrogens is 308 g/mol. The van der Waals surface area contributed by atoms with Gasteiger partial charge in [0.05, 0.1) is 5.02 Å². The fraction of sp³-hybridized carbons (Fsp3) is 0.455. The Bertz CT molecular complexity index is 321. The minimum atomic E-state index is 0.700. The summed E-state index contributed by atoms with van der Waals surface area (Å²) in [4.78, 5) is 0. The molecule has 76 valence electrons. The summed E-state index contributed by atoms with van der Waals surface area (Å²) in [6.45, 7) is 2.27. The molecule has 3 heteroatoms. The molecule has 0 amide bonds. The van der Waals surface area contributed by atoms with Crippen molar-refractivity contribution in [3.8, 4) is 0 Å². The first-order chi connectivity index (χ1) is 6.77. The van der Waals surface area contributed by atoms with Gasteiger partial charge in [-0.05, 0) is 72.1 Å². The Morgan fingerprint density at radius 2 is 2.00 bits per heavy atom. The number of benzene rings is 1. The van der Waals surface area contributed by atoms with Crippen molar-refractivity contribution >= 4 is 34.2 Å². The summed E-state index contributed by atoms with van der Waals surface area (Å²) in [6.07, 6.45) is 2.47. The molecule has 0 spiro atoms. The third-order valence-electron chi connectivity index (χ3n) is 2.75. The molecule has 0 atom stereocenters. The Morgan fingerprint density at radius 3 is 2.64 bits per heavy atom. The number of rotatable bonds is 1. The van der Waals surface area contributed by atoms with Gasteiger partial charge in [0, 0.05) is 3.57 Å². The largest absolute Gasteiger partial charge is 0.317 e. The third kappa shape index (κ3) is 2.41. The summed E-state index contributed by atoms with van der Waals surface area (Å²) in [7, 11) is 0. The Kier molecular flexibility index (Phi) is 3.68. The molecule has 1 heterocycles. The van der Waals surface area contributed by atoms with Gasteiger partial charge in [0.25, 0.3) is 0 Å². The van der Waals surface area contributed by atoms with Crippen molar-refractivity contribution in [1.82, 2.24) is 5.32 Å². The van der Waals surface area contributed by atoms with Crippen LogP contribution in [0.2, 0.25) is 5.02 Å². The molecule has 1 aromatic carbocycles. The van der Waals surface area contributed by atoms with Gasteiger partial charge in [-0.2, -0.15) is 0 Å². The van der Waals surface area contributed by atoms with Crippen molar-refractivity contribution < 1.29 is 0 Å². The van der Waals surface area contributed by atoms with Crippen molar-refractivity contribution in [3.05, 3.63) is 32.4 Å². The lowest BCUT2D eigenvalue weighted by Gasteiger charge is -2.23. The van der Waals surface area contributed by atoms with Crippen molar-refractivity contribution in [1.29, 1.82) is 0 Å². The average molecular weight is 322 g/mol. The van der Waals surface area contributed by atoms with Gasteiger partial charge in [0.2, 0.25) is 0 Å². The molecule has 1 nitrogen and oxygen atoms in total. The Labute approximate surface area is 103 Å². The molecule has 0 saturated carbocycles. The molecule has 1 N–H and O–H groups in total. The van der Waals surface area contributed by atoms with E-state index in [0.29, 0.717) is 5.92 Å². The van der Waals surface area contributed by atoms with Gasteiger partial charge in [-0.3, -0.25) is 0 Å². The Balaban J connectivity index is 2.18. The van der Waals surface area contributed by atoms with Crippen LogP contribution in [0.3, 0.4) is 0 Å². The smallest absolute Gasteiger partial charge is 0.0542 e. The maximum atomic E-state index is 6.11. The lowest BCUT2D eigenvalue weighted by molar-refractivity contribution is 0.460. The van der Waals surface area contributed by atoms with Crippen LogP contribution in [0.4, 0.5) is 0 Å². The molecule has 1 fully saturated rings. The van der Waals surface area contributed by atoms with Gasteiger partial charge in [0.15, 0.2) is 0 Å². The molecule has 0 bridgehead atoms. The van der Waals surface area contributed by atoms with E-state index in [0.717, 1.165) is 21.7 Å². The highest BCUT2D eigenvalue weighted by molar-refractivity contribution is 14.1. The molecule has 0 aliphatic carbocycles. The number of hydrogen-bond donors (Lipinski definition) is 1. The summed E-state index contributed by atoms with van der Waals surface area (Å²) in [6, 6.07) is 6.45. The standard InChI is InChI=1S/C11H13ClIN/c12-10-7-9(1-2-11(10)13)8-3-5-14-6-4-8/h1-2,7-8,14H,3-6H2. The number of halogens is 2. The normalized spacial score (nSPS) is 18.4. The summed E-state index contributed by atoms with van der Waals surface area (Å²) in [5, 5.41) is 4.27. The molecule has 0 unspecified atom stereocenters. The van der Waals surface area contributed by atoms with Crippen LogP contribution in [-0.2, 0) is 0 Å². The van der Waals surface area contributed by atoms with E-state index in [1.165, 1.54) is 18.4 Å². The zero-order valence-corrected chi connectivity index (χ0v) is 10.8. The first kappa shape index (κ1) is 10.7. The fourth-order valence-electron chi connectivity index (χ4n) is 1.92. The van der Waals surface area contributed by atoms with Crippen molar-refractivity contribution in [3.63, 3.8) is 0 Å². The van der Waals surface area contributed by atoms with Crippen molar-refractivity contribution in [2.75, 3.05) is 13.1 Å². The maximum absolute atomic E-state index is 6.11. The SMILES string of the molecule is Clc1cc(C2CCNCC2)ccc1I. The lowest BCUT2D eigenvalue weighted by atomic mass is 9.90. The van der Waals surface area contributed by atoms with Crippen molar-refractivity contribution in [2.45, 2.75) is 18.8 Å². The monoisotopic (exact) mass is 321 g/mol. The second-order valence-electron chi connectivity index (χ2n) is 3.70. The summed E-state index contributed by atoms with van der Waals surface area (Å²) in [5.74, 6) is 0.700. The lowest BCUT2D eigenvalue weighted by Crippen LogP contribution is -2.26. The maximum Gasteiger partial charge on any atom is 0.0542 e. The molecule has 1 saturated heterocycles. The van der Waals surface area contributed by atoms with E-state index in [4.69, 9.17) is 11.6 Å². The quantitative estimate of drug-likeness (QED) is 0.782. The molecule has 1 aliphatic heterocycles. The van der Waals surface area contributed by atoms with E-state index in [9.17, 15) is 0 Å². The van der Waals surface area contributed by atoms with Crippen LogP contribution in [-0.4, -0.2) is 13.1 Å². The Hall–Kier alpha value is 0.200. The van der Waals surface area contributed by atoms with E-state index in [1.54, 1.807) is 0 Å². The predicted molar refractivity (Wildman–Crippen MR) is 69.0 cm³/mol. The van der Waals surface area contributed by atoms with E-state index in [1.807, 2.05) is 0 Å². The van der Waals surface area contributed by atoms with Crippen LogP contribution < -0.4 is 5.32 Å². The minimum absolute atomic E-state index is 0.700. The molecule has 2 rings (SSSR count). The van der Waals surface area contributed by atoms with Crippen LogP contribution in [0.25, 0.3) is 0 Å². The number of hydrogen-bond acceptors (Lipinski definition) is 1. The van der Waals surface area contributed by atoms with Crippen molar-refractivity contribution in [2.24, 2.45) is 0 Å². The van der Waals surface area contributed by atoms with Crippen LogP contribution >= 0.6 is 34.2 Å². The molecule has 0 aromatic heterocycles. The molecule has 1 aromatic rings. The summed E-state index contributed by atoms with van der Waals surface area (Å²) >= 11 is 8.38. The minimum Gasteiger partial charge on any atom is -0.317 e. The second kappa shape index (κ2) is 4.81. The van der Waals surface area contributed by atoms with Gasteiger partial charge >= 0.3 is 0 Å². The molecule has 0 radical (unpaired) electrons. The highest BCUT2D eigenvalue weighted by Gasteiger charge is 2.15. The molecule has 1 aliphatic rings. The average Bonchev–Trinajstić information content (AvgIpc) is 2.23. The highest BCUT2D eigenvalue weighted by atomic mass is 127. The van der Waals surface area contributed by atoms with Crippen LogP contribution in [0.1, 0.15) is 24.3 Å². The number of nitrogens with one attached hydrogen (secondary N) is 1. The first-order valence-electron chi connectivity index (χ1n) is 4.93. The van der Waals surface area contributed by atoms with Crippen LogP contribution in [0.5, 0.6) is 0 Å². The van der Waals surface area contributed by atoms with Gasteiger partial charge in [0.1, 0.15) is 0 Å². The second-order valence-corrected chi connectivity index (χ2v) is 5.27. The van der Waals surface area contributed by atoms with Gasteiger partial charge in [-0.25, -0.2) is 0 Å². The topological polar surface area (TPSA) is 12.0 Å². The molecule has 14 heavy (non-hydrogen) atoms. The van der Waals surface area contributed by atoms with E-state index < -0.39 is 0 Å². The summed E-state index contributed by atoms with van der Waals surface area (Å²) in [5.41, 5.74) is 1.40. The first-order valence-corrected chi connectivity index (χ1v) is 6.38. The van der Waals surface area contributed by atoms with E-state index >= 15 is 0 Å². The van der Waals surface area contributed by atoms with E-state index in [2.05, 4.69) is 46.1 Å². The van der Waals surface area contributed by atoms with Gasteiger partial charge in [-0.1, -0.05) is 17.7 Å².